The van der Waals surface area contributed by atoms with Gasteiger partial charge in [-0.3, -0.25) is 0 Å². The lowest BCUT2D eigenvalue weighted by atomic mass is 10.3. The third kappa shape index (κ3) is 2.89. The normalized spacial score (nSPS) is 10.4. The van der Waals surface area contributed by atoms with Crippen molar-refractivity contribution in [2.75, 3.05) is 5.32 Å². The van der Waals surface area contributed by atoms with Crippen LogP contribution in [-0.4, -0.2) is 9.97 Å². The Bertz CT molecular complexity index is 565. The van der Waals surface area contributed by atoms with Crippen LogP contribution >= 0.6 is 27.5 Å². The first-order valence-electron chi connectivity index (χ1n) is 4.46. The van der Waals surface area contributed by atoms with Crippen LogP contribution in [0.5, 0.6) is 0 Å². The van der Waals surface area contributed by atoms with E-state index in [1.807, 2.05) is 0 Å². The van der Waals surface area contributed by atoms with Gasteiger partial charge in [0.05, 0.1) is 10.7 Å². The molecule has 0 saturated heterocycles. The van der Waals surface area contributed by atoms with E-state index in [1.54, 1.807) is 0 Å². The van der Waals surface area contributed by atoms with Crippen LogP contribution in [0, 0.1) is 11.6 Å². The van der Waals surface area contributed by atoms with Crippen LogP contribution in [0.2, 0.25) is 5.28 Å². The molecular weight excluding hydrogens is 315 g/mol. The molecule has 0 unspecified atom stereocenters. The van der Waals surface area contributed by atoms with Crippen LogP contribution in [0.4, 0.5) is 20.3 Å². The van der Waals surface area contributed by atoms with Gasteiger partial charge in [0.15, 0.2) is 11.6 Å². The number of benzene rings is 1. The number of rotatable bonds is 2. The molecule has 0 aliphatic carbocycles. The number of anilines is 2. The molecule has 1 aromatic carbocycles. The summed E-state index contributed by atoms with van der Waals surface area (Å²) in [6, 6.07) is 4.16. The highest BCUT2D eigenvalue weighted by Gasteiger charge is 2.07. The average molecular weight is 321 g/mol. The maximum Gasteiger partial charge on any atom is 0.224 e. The second-order valence-electron chi connectivity index (χ2n) is 3.09. The van der Waals surface area contributed by atoms with Crippen LogP contribution in [0.15, 0.2) is 28.9 Å². The number of halogens is 4. The number of nitrogens with one attached hydrogen (secondary N) is 1. The predicted molar refractivity (Wildman–Crippen MR) is 64.4 cm³/mol. The summed E-state index contributed by atoms with van der Waals surface area (Å²) < 4.78 is 26.6. The third-order valence-electron chi connectivity index (χ3n) is 1.90. The molecule has 1 aromatic heterocycles. The summed E-state index contributed by atoms with van der Waals surface area (Å²) in [5.74, 6) is -1.12. The lowest BCUT2D eigenvalue weighted by Gasteiger charge is -2.07. The Hall–Kier alpha value is -1.27. The van der Waals surface area contributed by atoms with Gasteiger partial charge in [-0.05, 0) is 45.7 Å². The molecule has 2 rings (SSSR count). The predicted octanol–water partition coefficient (Wildman–Crippen LogP) is 3.91. The van der Waals surface area contributed by atoms with E-state index in [4.69, 9.17) is 11.6 Å². The quantitative estimate of drug-likeness (QED) is 0.852. The summed E-state index contributed by atoms with van der Waals surface area (Å²) >= 11 is 8.57. The molecule has 0 fully saturated rings. The zero-order valence-corrected chi connectivity index (χ0v) is 10.6. The van der Waals surface area contributed by atoms with Gasteiger partial charge < -0.3 is 5.32 Å². The van der Waals surface area contributed by atoms with Gasteiger partial charge in [0, 0.05) is 5.69 Å². The standard InChI is InChI=1S/C10H5BrClF2N3/c11-6-3-5(1-2-7(6)13)16-9-8(14)4-15-10(12)17-9/h1-4H,(H,15,16,17). The van der Waals surface area contributed by atoms with E-state index in [1.165, 1.54) is 18.2 Å². The summed E-state index contributed by atoms with van der Waals surface area (Å²) in [4.78, 5) is 7.16. The van der Waals surface area contributed by atoms with Crippen LogP contribution in [0.25, 0.3) is 0 Å². The van der Waals surface area contributed by atoms with Crippen molar-refractivity contribution in [2.45, 2.75) is 0 Å². The summed E-state index contributed by atoms with van der Waals surface area (Å²) in [7, 11) is 0. The third-order valence-corrected chi connectivity index (χ3v) is 2.69. The summed E-state index contributed by atoms with van der Waals surface area (Å²) in [5, 5.41) is 2.60. The highest BCUT2D eigenvalue weighted by atomic mass is 79.9. The molecule has 0 spiro atoms. The zero-order chi connectivity index (χ0) is 12.4. The number of nitrogens with zero attached hydrogens (tertiary/aromatic N) is 2. The van der Waals surface area contributed by atoms with Gasteiger partial charge in [0.2, 0.25) is 5.28 Å². The van der Waals surface area contributed by atoms with Crippen LogP contribution in [-0.2, 0) is 0 Å². The highest BCUT2D eigenvalue weighted by molar-refractivity contribution is 9.10. The lowest BCUT2D eigenvalue weighted by Crippen LogP contribution is -1.99. The van der Waals surface area contributed by atoms with Gasteiger partial charge in [-0.25, -0.2) is 13.8 Å². The van der Waals surface area contributed by atoms with Crippen molar-refractivity contribution in [3.63, 3.8) is 0 Å². The van der Waals surface area contributed by atoms with Crippen molar-refractivity contribution in [2.24, 2.45) is 0 Å². The van der Waals surface area contributed by atoms with E-state index >= 15 is 0 Å². The molecule has 0 saturated carbocycles. The van der Waals surface area contributed by atoms with Gasteiger partial charge in [0.25, 0.3) is 0 Å². The molecule has 17 heavy (non-hydrogen) atoms. The van der Waals surface area contributed by atoms with Crippen LogP contribution < -0.4 is 5.32 Å². The van der Waals surface area contributed by atoms with E-state index in [9.17, 15) is 8.78 Å². The van der Waals surface area contributed by atoms with Gasteiger partial charge >= 0.3 is 0 Å². The lowest BCUT2D eigenvalue weighted by molar-refractivity contribution is 0.618. The minimum absolute atomic E-state index is 0.0662. The monoisotopic (exact) mass is 319 g/mol. The minimum Gasteiger partial charge on any atom is -0.338 e. The minimum atomic E-state index is -0.644. The van der Waals surface area contributed by atoms with Gasteiger partial charge in [-0.15, -0.1) is 0 Å². The molecule has 7 heteroatoms. The smallest absolute Gasteiger partial charge is 0.224 e. The van der Waals surface area contributed by atoms with Crippen molar-refractivity contribution in [1.82, 2.24) is 9.97 Å². The molecule has 2 aromatic rings. The average Bonchev–Trinajstić information content (AvgIpc) is 2.29. The Morgan fingerprint density at radius 2 is 2.00 bits per heavy atom. The molecule has 0 amide bonds. The van der Waals surface area contributed by atoms with Crippen molar-refractivity contribution < 1.29 is 8.78 Å². The van der Waals surface area contributed by atoms with Crippen LogP contribution in [0.1, 0.15) is 0 Å². The van der Waals surface area contributed by atoms with Crippen molar-refractivity contribution in [3.8, 4) is 0 Å². The molecule has 0 bridgehead atoms. The Morgan fingerprint density at radius 3 is 2.71 bits per heavy atom. The molecule has 0 aliphatic heterocycles. The van der Waals surface area contributed by atoms with E-state index in [-0.39, 0.29) is 15.6 Å². The van der Waals surface area contributed by atoms with E-state index < -0.39 is 11.6 Å². The van der Waals surface area contributed by atoms with Gasteiger partial charge in [0.1, 0.15) is 5.82 Å². The molecule has 1 heterocycles. The maximum atomic E-state index is 13.3. The van der Waals surface area contributed by atoms with Crippen molar-refractivity contribution >= 4 is 39.0 Å². The Balaban J connectivity index is 2.31. The summed E-state index contributed by atoms with van der Waals surface area (Å²) in [6.45, 7) is 0. The fourth-order valence-corrected chi connectivity index (χ4v) is 1.66. The first kappa shape index (κ1) is 12.2. The van der Waals surface area contributed by atoms with Gasteiger partial charge in [-0.1, -0.05) is 0 Å². The second kappa shape index (κ2) is 4.93. The number of aromatic nitrogens is 2. The zero-order valence-electron chi connectivity index (χ0n) is 8.22. The SMILES string of the molecule is Fc1ccc(Nc2nc(Cl)ncc2F)cc1Br. The topological polar surface area (TPSA) is 37.8 Å². The van der Waals surface area contributed by atoms with E-state index in [0.717, 1.165) is 6.20 Å². The number of hydrogen-bond acceptors (Lipinski definition) is 3. The molecule has 1 N–H and O–H groups in total. The Morgan fingerprint density at radius 1 is 1.24 bits per heavy atom. The fourth-order valence-electron chi connectivity index (χ4n) is 1.14. The number of hydrogen-bond donors (Lipinski definition) is 1. The van der Waals surface area contributed by atoms with Crippen molar-refractivity contribution in [3.05, 3.63) is 45.8 Å². The second-order valence-corrected chi connectivity index (χ2v) is 4.28. The van der Waals surface area contributed by atoms with Crippen molar-refractivity contribution in [1.29, 1.82) is 0 Å². The molecule has 88 valence electrons. The summed E-state index contributed by atoms with van der Waals surface area (Å²) in [5.41, 5.74) is 0.479. The highest BCUT2D eigenvalue weighted by Crippen LogP contribution is 2.23. The molecular formula is C10H5BrClF2N3. The van der Waals surface area contributed by atoms with E-state index in [2.05, 4.69) is 31.2 Å². The first-order chi connectivity index (χ1) is 8.06. The van der Waals surface area contributed by atoms with Gasteiger partial charge in [-0.2, -0.15) is 4.98 Å². The molecule has 3 nitrogen and oxygen atoms in total. The Labute approximate surface area is 109 Å². The maximum absolute atomic E-state index is 13.3. The molecule has 0 radical (unpaired) electrons. The van der Waals surface area contributed by atoms with E-state index in [0.29, 0.717) is 5.69 Å². The first-order valence-corrected chi connectivity index (χ1v) is 5.63. The van der Waals surface area contributed by atoms with Crippen LogP contribution in [0.3, 0.4) is 0 Å². The largest absolute Gasteiger partial charge is 0.338 e. The Kier molecular flexibility index (Phi) is 3.54. The molecule has 0 aliphatic rings. The molecule has 0 atom stereocenters. The fraction of sp³-hybridized carbons (Fsp3) is 0. The summed E-state index contributed by atoms with van der Waals surface area (Å²) in [6.07, 6.45) is 0.955.